The molecular weight excluding hydrogens is 240 g/mol. The summed E-state index contributed by atoms with van der Waals surface area (Å²) in [6.45, 7) is 3.50. The van der Waals surface area contributed by atoms with Gasteiger partial charge in [-0.3, -0.25) is 0 Å². The molecule has 106 valence electrons. The Morgan fingerprint density at radius 1 is 1.37 bits per heavy atom. The van der Waals surface area contributed by atoms with Crippen LogP contribution in [0, 0.1) is 5.92 Å². The van der Waals surface area contributed by atoms with Crippen LogP contribution < -0.4 is 15.8 Å². The standard InChI is InChI=1S/C14H24N4O/c1-2-7-19-14-8-13(16-10-17-14)18-12-6-4-3-5-11(12)9-15/h8,10-12H,2-7,9,15H2,1H3,(H,16,17,18). The van der Waals surface area contributed by atoms with Crippen molar-refractivity contribution in [2.75, 3.05) is 18.5 Å². The number of anilines is 1. The lowest BCUT2D eigenvalue weighted by molar-refractivity contribution is 0.304. The molecule has 1 fully saturated rings. The van der Waals surface area contributed by atoms with E-state index in [1.807, 2.05) is 6.07 Å². The van der Waals surface area contributed by atoms with Crippen LogP contribution in [0.5, 0.6) is 5.88 Å². The van der Waals surface area contributed by atoms with Crippen molar-refractivity contribution in [3.63, 3.8) is 0 Å². The number of hydrogen-bond donors (Lipinski definition) is 2. The molecule has 1 aromatic rings. The second-order valence-electron chi connectivity index (χ2n) is 5.12. The Hall–Kier alpha value is -1.36. The minimum Gasteiger partial charge on any atom is -0.478 e. The van der Waals surface area contributed by atoms with Crippen LogP contribution in [0.1, 0.15) is 39.0 Å². The molecule has 0 saturated heterocycles. The number of hydrogen-bond acceptors (Lipinski definition) is 5. The molecule has 2 unspecified atom stereocenters. The number of rotatable bonds is 6. The van der Waals surface area contributed by atoms with Gasteiger partial charge in [-0.05, 0) is 31.7 Å². The first-order valence-electron chi connectivity index (χ1n) is 7.25. The molecule has 0 amide bonds. The van der Waals surface area contributed by atoms with Crippen molar-refractivity contribution in [1.82, 2.24) is 9.97 Å². The highest BCUT2D eigenvalue weighted by atomic mass is 16.5. The number of nitrogens with two attached hydrogens (primary N) is 1. The number of nitrogens with one attached hydrogen (secondary N) is 1. The molecule has 1 heterocycles. The zero-order valence-electron chi connectivity index (χ0n) is 11.6. The molecule has 2 rings (SSSR count). The van der Waals surface area contributed by atoms with Crippen LogP contribution in [0.3, 0.4) is 0 Å². The molecule has 19 heavy (non-hydrogen) atoms. The lowest BCUT2D eigenvalue weighted by Gasteiger charge is -2.31. The number of nitrogens with zero attached hydrogens (tertiary/aromatic N) is 2. The third-order valence-electron chi connectivity index (χ3n) is 3.64. The fraction of sp³-hybridized carbons (Fsp3) is 0.714. The second kappa shape index (κ2) is 7.28. The number of aromatic nitrogens is 2. The first-order chi connectivity index (χ1) is 9.33. The van der Waals surface area contributed by atoms with Crippen molar-refractivity contribution in [3.8, 4) is 5.88 Å². The molecule has 1 aliphatic carbocycles. The van der Waals surface area contributed by atoms with Gasteiger partial charge in [0.2, 0.25) is 5.88 Å². The van der Waals surface area contributed by atoms with Crippen molar-refractivity contribution in [3.05, 3.63) is 12.4 Å². The maximum absolute atomic E-state index is 5.85. The molecule has 5 nitrogen and oxygen atoms in total. The summed E-state index contributed by atoms with van der Waals surface area (Å²) in [5, 5.41) is 3.49. The van der Waals surface area contributed by atoms with Crippen molar-refractivity contribution in [2.24, 2.45) is 11.7 Å². The van der Waals surface area contributed by atoms with E-state index in [0.29, 0.717) is 24.4 Å². The van der Waals surface area contributed by atoms with E-state index in [9.17, 15) is 0 Å². The van der Waals surface area contributed by atoms with Gasteiger partial charge in [0.15, 0.2) is 0 Å². The predicted molar refractivity (Wildman–Crippen MR) is 76.2 cm³/mol. The van der Waals surface area contributed by atoms with E-state index in [2.05, 4.69) is 22.2 Å². The molecule has 2 atom stereocenters. The molecule has 1 aliphatic rings. The van der Waals surface area contributed by atoms with E-state index in [0.717, 1.165) is 25.2 Å². The summed E-state index contributed by atoms with van der Waals surface area (Å²) in [6, 6.07) is 2.30. The van der Waals surface area contributed by atoms with Gasteiger partial charge in [0.1, 0.15) is 12.1 Å². The Morgan fingerprint density at radius 3 is 3.00 bits per heavy atom. The van der Waals surface area contributed by atoms with E-state index >= 15 is 0 Å². The van der Waals surface area contributed by atoms with Crippen molar-refractivity contribution in [1.29, 1.82) is 0 Å². The Bertz CT molecular complexity index is 385. The first-order valence-corrected chi connectivity index (χ1v) is 7.25. The fourth-order valence-corrected chi connectivity index (χ4v) is 2.57. The molecule has 1 aromatic heterocycles. The Kier molecular flexibility index (Phi) is 5.39. The molecule has 0 radical (unpaired) electrons. The summed E-state index contributed by atoms with van der Waals surface area (Å²) in [7, 11) is 0. The largest absolute Gasteiger partial charge is 0.478 e. The van der Waals surface area contributed by atoms with Gasteiger partial charge in [0.25, 0.3) is 0 Å². The summed E-state index contributed by atoms with van der Waals surface area (Å²) < 4.78 is 5.52. The fourth-order valence-electron chi connectivity index (χ4n) is 2.57. The highest BCUT2D eigenvalue weighted by Gasteiger charge is 2.24. The van der Waals surface area contributed by atoms with Gasteiger partial charge in [-0.15, -0.1) is 0 Å². The molecule has 0 bridgehead atoms. The Labute approximate surface area is 115 Å². The predicted octanol–water partition coefficient (Wildman–Crippen LogP) is 2.19. The molecular formula is C14H24N4O. The van der Waals surface area contributed by atoms with Crippen molar-refractivity contribution < 1.29 is 4.74 Å². The van der Waals surface area contributed by atoms with Crippen LogP contribution in [0.2, 0.25) is 0 Å². The zero-order chi connectivity index (χ0) is 13.5. The van der Waals surface area contributed by atoms with Crippen LogP contribution >= 0.6 is 0 Å². The highest BCUT2D eigenvalue weighted by molar-refractivity contribution is 5.38. The monoisotopic (exact) mass is 264 g/mol. The molecule has 0 spiro atoms. The third kappa shape index (κ3) is 4.06. The molecule has 5 heteroatoms. The zero-order valence-corrected chi connectivity index (χ0v) is 11.6. The van der Waals surface area contributed by atoms with Gasteiger partial charge in [0, 0.05) is 12.1 Å². The molecule has 1 saturated carbocycles. The maximum atomic E-state index is 5.85. The number of ether oxygens (including phenoxy) is 1. The average molecular weight is 264 g/mol. The van der Waals surface area contributed by atoms with Gasteiger partial charge in [-0.25, -0.2) is 9.97 Å². The summed E-state index contributed by atoms with van der Waals surface area (Å²) in [4.78, 5) is 8.38. The lowest BCUT2D eigenvalue weighted by atomic mass is 9.84. The summed E-state index contributed by atoms with van der Waals surface area (Å²) in [5.41, 5.74) is 5.85. The SMILES string of the molecule is CCCOc1cc(NC2CCCCC2CN)ncn1. The van der Waals surface area contributed by atoms with Gasteiger partial charge in [-0.1, -0.05) is 19.8 Å². The van der Waals surface area contributed by atoms with Gasteiger partial charge >= 0.3 is 0 Å². The normalized spacial score (nSPS) is 23.1. The second-order valence-corrected chi connectivity index (χ2v) is 5.12. The average Bonchev–Trinajstić information content (AvgIpc) is 2.46. The summed E-state index contributed by atoms with van der Waals surface area (Å²) >= 11 is 0. The van der Waals surface area contributed by atoms with Crippen molar-refractivity contribution in [2.45, 2.75) is 45.1 Å². The van der Waals surface area contributed by atoms with Crippen molar-refractivity contribution >= 4 is 5.82 Å². The van der Waals surface area contributed by atoms with E-state index in [1.165, 1.54) is 19.3 Å². The molecule has 0 aromatic carbocycles. The maximum Gasteiger partial charge on any atom is 0.218 e. The lowest BCUT2D eigenvalue weighted by Crippen LogP contribution is -2.36. The Balaban J connectivity index is 1.97. The van der Waals surface area contributed by atoms with Gasteiger partial charge in [-0.2, -0.15) is 0 Å². The van der Waals surface area contributed by atoms with Gasteiger partial charge in [0.05, 0.1) is 6.61 Å². The third-order valence-corrected chi connectivity index (χ3v) is 3.64. The van der Waals surface area contributed by atoms with Crippen LogP contribution in [0.4, 0.5) is 5.82 Å². The molecule has 3 N–H and O–H groups in total. The van der Waals surface area contributed by atoms with E-state index < -0.39 is 0 Å². The van der Waals surface area contributed by atoms with E-state index in [-0.39, 0.29) is 0 Å². The first kappa shape index (κ1) is 14.1. The summed E-state index contributed by atoms with van der Waals surface area (Å²) in [5.74, 6) is 2.02. The van der Waals surface area contributed by atoms with Crippen LogP contribution in [0.25, 0.3) is 0 Å². The van der Waals surface area contributed by atoms with Crippen LogP contribution in [-0.4, -0.2) is 29.2 Å². The highest BCUT2D eigenvalue weighted by Crippen LogP contribution is 2.26. The quantitative estimate of drug-likeness (QED) is 0.824. The van der Waals surface area contributed by atoms with Crippen LogP contribution in [-0.2, 0) is 0 Å². The minimum atomic E-state index is 0.424. The summed E-state index contributed by atoms with van der Waals surface area (Å²) in [6.07, 6.45) is 7.45. The minimum absolute atomic E-state index is 0.424. The molecule has 0 aliphatic heterocycles. The van der Waals surface area contributed by atoms with Gasteiger partial charge < -0.3 is 15.8 Å². The van der Waals surface area contributed by atoms with Crippen LogP contribution in [0.15, 0.2) is 12.4 Å². The smallest absolute Gasteiger partial charge is 0.218 e. The van der Waals surface area contributed by atoms with E-state index in [1.54, 1.807) is 6.33 Å². The topological polar surface area (TPSA) is 73.1 Å². The Morgan fingerprint density at radius 2 is 2.21 bits per heavy atom. The van der Waals surface area contributed by atoms with E-state index in [4.69, 9.17) is 10.5 Å².